The Labute approximate surface area is 226 Å². The molecule has 1 aliphatic heterocycles. The summed E-state index contributed by atoms with van der Waals surface area (Å²) in [6.45, 7) is 0.675. The van der Waals surface area contributed by atoms with Gasteiger partial charge in [0.15, 0.2) is 0 Å². The van der Waals surface area contributed by atoms with Crippen molar-refractivity contribution in [2.45, 2.75) is 10.9 Å². The van der Waals surface area contributed by atoms with Crippen LogP contribution in [-0.2, 0) is 52.3 Å². The van der Waals surface area contributed by atoms with Gasteiger partial charge in [0.05, 0.1) is 28.1 Å². The van der Waals surface area contributed by atoms with E-state index in [4.69, 9.17) is 16.8 Å². The molecule has 175 valence electrons. The van der Waals surface area contributed by atoms with Crippen LogP contribution < -0.4 is 20.4 Å². The van der Waals surface area contributed by atoms with Gasteiger partial charge in [-0.2, -0.15) is 0 Å². The molecule has 0 saturated heterocycles. The molecule has 0 aromatic heterocycles. The van der Waals surface area contributed by atoms with Gasteiger partial charge in [-0.15, -0.1) is 11.8 Å². The molecule has 33 heavy (non-hydrogen) atoms. The molecule has 2 amide bonds. The molecule has 2 aromatic carbocycles. The number of thioether (sulfide) groups is 1. The van der Waals surface area contributed by atoms with Crippen LogP contribution in [0.4, 0.5) is 5.69 Å². The van der Waals surface area contributed by atoms with E-state index in [-0.39, 0.29) is 55.0 Å². The second-order valence-electron chi connectivity index (χ2n) is 6.98. The number of fused-ring (bicyclic) bond motifs is 2. The summed E-state index contributed by atoms with van der Waals surface area (Å²) in [7, 11) is -2.29. The first kappa shape index (κ1) is 28.0. The SMILES string of the molecule is CN1c2ccccc2C(NCCNC(=O)CSCC(=O)NO)c2ccc(Cl)cc2S1(=O)=O.[Y]. The molecule has 9 nitrogen and oxygen atoms in total. The second kappa shape index (κ2) is 12.5. The maximum absolute atomic E-state index is 13.2. The fraction of sp³-hybridized carbons (Fsp3) is 0.300. The van der Waals surface area contributed by atoms with Gasteiger partial charge in [0.2, 0.25) is 5.91 Å². The maximum atomic E-state index is 13.2. The minimum atomic E-state index is -3.80. The average molecular weight is 588 g/mol. The molecule has 1 atom stereocenters. The number of hydrogen-bond donors (Lipinski definition) is 4. The number of para-hydroxylation sites is 1. The normalized spacial score (nSPS) is 16.0. The van der Waals surface area contributed by atoms with Gasteiger partial charge >= 0.3 is 0 Å². The summed E-state index contributed by atoms with van der Waals surface area (Å²) in [5.41, 5.74) is 3.42. The van der Waals surface area contributed by atoms with Gasteiger partial charge < -0.3 is 10.6 Å². The Bertz CT molecular complexity index is 1120. The Morgan fingerprint density at radius 3 is 2.52 bits per heavy atom. The predicted molar refractivity (Wildman–Crippen MR) is 124 cm³/mol. The molecule has 0 spiro atoms. The van der Waals surface area contributed by atoms with E-state index in [1.807, 2.05) is 12.1 Å². The number of hydrogen-bond acceptors (Lipinski definition) is 7. The second-order valence-corrected chi connectivity index (χ2v) is 10.3. The molecule has 1 unspecified atom stereocenters. The maximum Gasteiger partial charge on any atom is 0.264 e. The third-order valence-electron chi connectivity index (χ3n) is 4.90. The number of hydroxylamine groups is 1. The van der Waals surface area contributed by atoms with Gasteiger partial charge in [0, 0.05) is 57.9 Å². The smallest absolute Gasteiger partial charge is 0.264 e. The van der Waals surface area contributed by atoms with Gasteiger partial charge in [-0.05, 0) is 29.3 Å². The Kier molecular flexibility index (Phi) is 10.6. The van der Waals surface area contributed by atoms with Crippen molar-refractivity contribution in [3.05, 3.63) is 58.6 Å². The number of anilines is 1. The van der Waals surface area contributed by atoms with E-state index in [9.17, 15) is 18.0 Å². The molecule has 0 aliphatic carbocycles. The molecule has 1 radical (unpaired) electrons. The number of sulfonamides is 1. The summed E-state index contributed by atoms with van der Waals surface area (Å²) < 4.78 is 27.7. The largest absolute Gasteiger partial charge is 0.354 e. The third kappa shape index (κ3) is 6.69. The minimum absolute atomic E-state index is 0. The molecular weight excluding hydrogens is 565 g/mol. The van der Waals surface area contributed by atoms with Crippen LogP contribution in [-0.4, -0.2) is 57.1 Å². The first-order valence-electron chi connectivity index (χ1n) is 9.63. The molecule has 13 heteroatoms. The van der Waals surface area contributed by atoms with Gasteiger partial charge in [0.25, 0.3) is 15.9 Å². The Hall–Kier alpha value is -1.21. The van der Waals surface area contributed by atoms with Crippen molar-refractivity contribution in [3.63, 3.8) is 0 Å². The summed E-state index contributed by atoms with van der Waals surface area (Å²) in [5.74, 6) is -0.777. The summed E-state index contributed by atoms with van der Waals surface area (Å²) in [5, 5.41) is 14.9. The van der Waals surface area contributed by atoms with Crippen molar-refractivity contribution < 1.29 is 55.9 Å². The molecular formula is C20H23ClN4O5S2Y. The summed E-state index contributed by atoms with van der Waals surface area (Å²) in [6.07, 6.45) is 0. The van der Waals surface area contributed by atoms with E-state index in [0.717, 1.165) is 17.3 Å². The topological polar surface area (TPSA) is 128 Å². The van der Waals surface area contributed by atoms with Gasteiger partial charge in [-0.1, -0.05) is 35.9 Å². The molecule has 2 aromatic rings. The quantitative estimate of drug-likeness (QED) is 0.209. The predicted octanol–water partition coefficient (Wildman–Crippen LogP) is 1.51. The summed E-state index contributed by atoms with van der Waals surface area (Å²) in [6, 6.07) is 11.6. The summed E-state index contributed by atoms with van der Waals surface area (Å²) in [4.78, 5) is 23.0. The van der Waals surface area contributed by atoms with E-state index in [1.165, 1.54) is 22.9 Å². The van der Waals surface area contributed by atoms with Crippen LogP contribution >= 0.6 is 23.4 Å². The number of rotatable bonds is 8. The van der Waals surface area contributed by atoms with Crippen LogP contribution in [0.2, 0.25) is 5.02 Å². The van der Waals surface area contributed by atoms with Gasteiger partial charge in [-0.25, -0.2) is 13.9 Å². The van der Waals surface area contributed by atoms with Crippen molar-refractivity contribution in [1.29, 1.82) is 0 Å². The number of benzene rings is 2. The van der Waals surface area contributed by atoms with E-state index in [1.54, 1.807) is 24.3 Å². The molecule has 1 aliphatic rings. The monoisotopic (exact) mass is 587 g/mol. The molecule has 4 N–H and O–H groups in total. The van der Waals surface area contributed by atoms with E-state index >= 15 is 0 Å². The zero-order valence-corrected chi connectivity index (χ0v) is 23.0. The molecule has 1 heterocycles. The van der Waals surface area contributed by atoms with Crippen molar-refractivity contribution in [3.8, 4) is 0 Å². The third-order valence-corrected chi connectivity index (χ3v) is 7.89. The Morgan fingerprint density at radius 1 is 1.09 bits per heavy atom. The number of carbonyl (C=O) groups is 2. The minimum Gasteiger partial charge on any atom is -0.354 e. The Morgan fingerprint density at radius 2 is 1.79 bits per heavy atom. The van der Waals surface area contributed by atoms with Crippen LogP contribution in [0.3, 0.4) is 0 Å². The molecule has 3 rings (SSSR count). The fourth-order valence-electron chi connectivity index (χ4n) is 3.39. The summed E-state index contributed by atoms with van der Waals surface area (Å²) >= 11 is 7.18. The van der Waals surface area contributed by atoms with Crippen LogP contribution in [0.5, 0.6) is 0 Å². The van der Waals surface area contributed by atoms with E-state index in [2.05, 4.69) is 10.6 Å². The van der Waals surface area contributed by atoms with Gasteiger partial charge in [-0.3, -0.25) is 19.1 Å². The fourth-order valence-corrected chi connectivity index (χ4v) is 5.75. The van der Waals surface area contributed by atoms with Crippen molar-refractivity contribution in [2.24, 2.45) is 0 Å². The molecule has 0 saturated carbocycles. The van der Waals surface area contributed by atoms with Crippen molar-refractivity contribution in [1.82, 2.24) is 16.1 Å². The zero-order chi connectivity index (χ0) is 23.3. The van der Waals surface area contributed by atoms with E-state index in [0.29, 0.717) is 29.4 Å². The van der Waals surface area contributed by atoms with Crippen LogP contribution in [0.25, 0.3) is 0 Å². The average Bonchev–Trinajstić information content (AvgIpc) is 2.84. The van der Waals surface area contributed by atoms with Gasteiger partial charge in [0.1, 0.15) is 0 Å². The number of nitrogens with one attached hydrogen (secondary N) is 3. The molecule has 0 fully saturated rings. The number of carbonyl (C=O) groups excluding carboxylic acids is 2. The standard InChI is InChI=1S/C20H23ClN4O5S2.Y/c1-25-16-5-3-2-4-14(16)20(15-7-6-13(21)10-17(15)32(25,29)30)23-9-8-22-18(26)11-31-12-19(27)24-28;/h2-7,10,20,23,28H,8-9,11-12H2,1H3,(H,22,26)(H,24,27);. The first-order valence-corrected chi connectivity index (χ1v) is 12.6. The number of nitrogens with zero attached hydrogens (tertiary/aromatic N) is 1. The Balaban J connectivity index is 0.00000385. The van der Waals surface area contributed by atoms with Crippen LogP contribution in [0.15, 0.2) is 47.4 Å². The number of amides is 2. The number of halogens is 1. The van der Waals surface area contributed by atoms with E-state index < -0.39 is 22.0 Å². The van der Waals surface area contributed by atoms with Crippen LogP contribution in [0.1, 0.15) is 17.2 Å². The zero-order valence-electron chi connectivity index (χ0n) is 17.7. The van der Waals surface area contributed by atoms with Crippen LogP contribution in [0, 0.1) is 0 Å². The molecule has 0 bridgehead atoms. The first-order chi connectivity index (χ1) is 15.3. The van der Waals surface area contributed by atoms with Crippen molar-refractivity contribution >= 4 is 50.9 Å². The van der Waals surface area contributed by atoms with Crippen molar-refractivity contribution in [2.75, 3.05) is 35.9 Å².